The van der Waals surface area contributed by atoms with Crippen molar-refractivity contribution in [3.63, 3.8) is 0 Å². The second-order valence-corrected chi connectivity index (χ2v) is 8.78. The summed E-state index contributed by atoms with van der Waals surface area (Å²) in [6, 6.07) is 7.67. The first-order chi connectivity index (χ1) is 11.8. The lowest BCUT2D eigenvalue weighted by Crippen LogP contribution is -2.65. The summed E-state index contributed by atoms with van der Waals surface area (Å²) in [6.07, 6.45) is 5.68. The first-order valence-electron chi connectivity index (χ1n) is 9.21. The summed E-state index contributed by atoms with van der Waals surface area (Å²) in [5, 5.41) is 3.32. The molecule has 1 aromatic rings. The van der Waals surface area contributed by atoms with Gasteiger partial charge in [-0.05, 0) is 68.6 Å². The topological polar surface area (TPSA) is 75.4 Å². The SMILES string of the molecule is CN(C)c1cccc(C(=O)NC23CC4CC(C2)CC(C(N)=O)(C4)C3)c1. The molecule has 0 aliphatic heterocycles. The summed E-state index contributed by atoms with van der Waals surface area (Å²) in [5.41, 5.74) is 6.81. The number of nitrogens with two attached hydrogens (primary N) is 1. The van der Waals surface area contributed by atoms with Gasteiger partial charge in [-0.1, -0.05) is 6.07 Å². The van der Waals surface area contributed by atoms with Gasteiger partial charge in [0.2, 0.25) is 5.91 Å². The van der Waals surface area contributed by atoms with E-state index >= 15 is 0 Å². The Hall–Kier alpha value is -2.04. The average molecular weight is 341 g/mol. The van der Waals surface area contributed by atoms with Crippen molar-refractivity contribution in [1.29, 1.82) is 0 Å². The lowest BCUT2D eigenvalue weighted by Gasteiger charge is -2.61. The zero-order valence-electron chi connectivity index (χ0n) is 15.0. The Morgan fingerprint density at radius 3 is 2.44 bits per heavy atom. The van der Waals surface area contributed by atoms with Crippen molar-refractivity contribution < 1.29 is 9.59 Å². The van der Waals surface area contributed by atoms with Gasteiger partial charge in [-0.2, -0.15) is 0 Å². The lowest BCUT2D eigenvalue weighted by atomic mass is 9.46. The Balaban J connectivity index is 1.59. The normalized spacial score (nSPS) is 35.4. The van der Waals surface area contributed by atoms with E-state index in [1.54, 1.807) is 0 Å². The minimum Gasteiger partial charge on any atom is -0.378 e. The van der Waals surface area contributed by atoms with Crippen molar-refractivity contribution in [3.05, 3.63) is 29.8 Å². The fraction of sp³-hybridized carbons (Fsp3) is 0.600. The number of benzene rings is 1. The second kappa shape index (κ2) is 5.48. The smallest absolute Gasteiger partial charge is 0.251 e. The van der Waals surface area contributed by atoms with Crippen LogP contribution in [0.25, 0.3) is 0 Å². The molecule has 5 heteroatoms. The first-order valence-corrected chi connectivity index (χ1v) is 9.21. The molecule has 0 spiro atoms. The highest BCUT2D eigenvalue weighted by Crippen LogP contribution is 2.61. The van der Waals surface area contributed by atoms with Crippen LogP contribution in [0.4, 0.5) is 5.69 Å². The number of primary amides is 1. The predicted octanol–water partition coefficient (Wildman–Crippen LogP) is 2.31. The van der Waals surface area contributed by atoms with Gasteiger partial charge in [-0.3, -0.25) is 9.59 Å². The predicted molar refractivity (Wildman–Crippen MR) is 97.3 cm³/mol. The Morgan fingerprint density at radius 1 is 1.16 bits per heavy atom. The van der Waals surface area contributed by atoms with Crippen molar-refractivity contribution >= 4 is 17.5 Å². The number of hydrogen-bond acceptors (Lipinski definition) is 3. The Kier molecular flexibility index (Phi) is 3.60. The molecular formula is C20H27N3O2. The molecule has 3 N–H and O–H groups in total. The van der Waals surface area contributed by atoms with Gasteiger partial charge in [0, 0.05) is 30.9 Å². The van der Waals surface area contributed by atoms with Crippen molar-refractivity contribution in [2.45, 2.75) is 44.1 Å². The molecule has 5 rings (SSSR count). The van der Waals surface area contributed by atoms with Crippen molar-refractivity contribution in [2.24, 2.45) is 23.0 Å². The minimum atomic E-state index is -0.400. The van der Waals surface area contributed by atoms with E-state index in [9.17, 15) is 9.59 Å². The van der Waals surface area contributed by atoms with Gasteiger partial charge >= 0.3 is 0 Å². The van der Waals surface area contributed by atoms with Crippen LogP contribution in [0, 0.1) is 17.3 Å². The third-order valence-electron chi connectivity index (χ3n) is 6.59. The van der Waals surface area contributed by atoms with Crippen LogP contribution in [0.15, 0.2) is 24.3 Å². The molecule has 0 heterocycles. The van der Waals surface area contributed by atoms with Gasteiger partial charge in [-0.15, -0.1) is 0 Å². The quantitative estimate of drug-likeness (QED) is 0.882. The molecule has 0 radical (unpaired) electrons. The molecule has 2 amide bonds. The van der Waals surface area contributed by atoms with Gasteiger partial charge in [0.25, 0.3) is 5.91 Å². The van der Waals surface area contributed by atoms with Gasteiger partial charge in [0.05, 0.1) is 5.41 Å². The Morgan fingerprint density at radius 2 is 1.84 bits per heavy atom. The minimum absolute atomic E-state index is 0.0368. The van der Waals surface area contributed by atoms with Crippen LogP contribution >= 0.6 is 0 Å². The number of nitrogens with one attached hydrogen (secondary N) is 1. The van der Waals surface area contributed by atoms with Crippen LogP contribution in [0.3, 0.4) is 0 Å². The van der Waals surface area contributed by atoms with Crippen LogP contribution in [-0.2, 0) is 4.79 Å². The Labute approximate surface area is 148 Å². The van der Waals surface area contributed by atoms with E-state index in [1.807, 2.05) is 43.3 Å². The van der Waals surface area contributed by atoms with E-state index < -0.39 is 5.41 Å². The standard InChI is InChI=1S/C20H27N3O2/c1-23(2)16-5-3-4-15(7-16)17(24)22-20-10-13-6-14(11-20)9-19(8-13,12-20)18(21)25/h3-5,7,13-14H,6,8-12H2,1-2H3,(H2,21,25)(H,22,24). The monoisotopic (exact) mass is 341 g/mol. The molecule has 25 heavy (non-hydrogen) atoms. The van der Waals surface area contributed by atoms with Gasteiger partial charge < -0.3 is 16.0 Å². The van der Waals surface area contributed by atoms with Crippen LogP contribution in [0.2, 0.25) is 0 Å². The fourth-order valence-electron chi connectivity index (χ4n) is 5.94. The second-order valence-electron chi connectivity index (χ2n) is 8.78. The van der Waals surface area contributed by atoms with Crippen molar-refractivity contribution in [1.82, 2.24) is 5.32 Å². The zero-order valence-corrected chi connectivity index (χ0v) is 15.0. The highest BCUT2D eigenvalue weighted by atomic mass is 16.2. The summed E-state index contributed by atoms with van der Waals surface area (Å²) in [4.78, 5) is 27.1. The molecule has 5 nitrogen and oxygen atoms in total. The maximum absolute atomic E-state index is 12.9. The number of carbonyl (C=O) groups is 2. The van der Waals surface area contributed by atoms with Crippen LogP contribution in [-0.4, -0.2) is 31.4 Å². The van der Waals surface area contributed by atoms with E-state index in [0.717, 1.165) is 31.4 Å². The lowest BCUT2D eigenvalue weighted by molar-refractivity contribution is -0.146. The third-order valence-corrected chi connectivity index (χ3v) is 6.59. The van der Waals surface area contributed by atoms with E-state index in [0.29, 0.717) is 23.8 Å². The number of hydrogen-bond donors (Lipinski definition) is 2. The summed E-state index contributed by atoms with van der Waals surface area (Å²) in [6.45, 7) is 0. The van der Waals surface area contributed by atoms with E-state index in [2.05, 4.69) is 5.32 Å². The summed E-state index contributed by atoms with van der Waals surface area (Å²) in [5.74, 6) is 0.824. The molecule has 0 saturated heterocycles. The van der Waals surface area contributed by atoms with Gasteiger partial charge in [-0.25, -0.2) is 0 Å². The average Bonchev–Trinajstić information content (AvgIpc) is 2.53. The molecule has 4 aliphatic rings. The molecule has 1 aromatic carbocycles. The van der Waals surface area contributed by atoms with Gasteiger partial charge in [0.1, 0.15) is 0 Å². The molecule has 4 aliphatic carbocycles. The summed E-state index contributed by atoms with van der Waals surface area (Å²) < 4.78 is 0. The largest absolute Gasteiger partial charge is 0.378 e. The summed E-state index contributed by atoms with van der Waals surface area (Å²) in [7, 11) is 3.93. The number of amides is 2. The number of anilines is 1. The zero-order chi connectivity index (χ0) is 17.8. The maximum Gasteiger partial charge on any atom is 0.251 e. The maximum atomic E-state index is 12.9. The first kappa shape index (κ1) is 16.4. The van der Waals surface area contributed by atoms with Crippen LogP contribution < -0.4 is 16.0 Å². The molecule has 4 bridgehead atoms. The van der Waals surface area contributed by atoms with E-state index in [4.69, 9.17) is 5.73 Å². The van der Waals surface area contributed by atoms with E-state index in [1.165, 1.54) is 6.42 Å². The highest BCUT2D eigenvalue weighted by Gasteiger charge is 2.60. The number of rotatable bonds is 4. The van der Waals surface area contributed by atoms with Gasteiger partial charge in [0.15, 0.2) is 0 Å². The molecule has 2 unspecified atom stereocenters. The molecule has 4 fully saturated rings. The van der Waals surface area contributed by atoms with Crippen molar-refractivity contribution in [2.75, 3.05) is 19.0 Å². The van der Waals surface area contributed by atoms with E-state index in [-0.39, 0.29) is 17.4 Å². The Bertz CT molecular complexity index is 713. The number of nitrogens with zero attached hydrogens (tertiary/aromatic N) is 1. The van der Waals surface area contributed by atoms with Crippen LogP contribution in [0.5, 0.6) is 0 Å². The highest BCUT2D eigenvalue weighted by molar-refractivity contribution is 5.95. The molecule has 2 atom stereocenters. The molecule has 134 valence electrons. The molecular weight excluding hydrogens is 314 g/mol. The third kappa shape index (κ3) is 2.70. The summed E-state index contributed by atoms with van der Waals surface area (Å²) >= 11 is 0. The van der Waals surface area contributed by atoms with Crippen LogP contribution in [0.1, 0.15) is 48.9 Å². The fourth-order valence-corrected chi connectivity index (χ4v) is 5.94. The molecule has 0 aromatic heterocycles. The molecule has 4 saturated carbocycles. The van der Waals surface area contributed by atoms with Crippen molar-refractivity contribution in [3.8, 4) is 0 Å². The number of carbonyl (C=O) groups excluding carboxylic acids is 2.